The lowest BCUT2D eigenvalue weighted by Gasteiger charge is -2.15. The standard InChI is InChI=1S/C24H25N5O3/c25-24-27-22-21(23(28-24)32-14-17-9-5-2-6-10-17)26-15-29(22)18-11-19(30)20(12-18)31-13-16-7-3-1-4-8-16/h1-10,15,18-20,30H,11-14H2,(H2,25,27,28)/t18-,19+,20+/m1/s1. The van der Waals surface area contributed by atoms with Gasteiger partial charge in [-0.3, -0.25) is 0 Å². The number of nitrogens with zero attached hydrogens (tertiary/aromatic N) is 4. The maximum Gasteiger partial charge on any atom is 0.247 e. The Balaban J connectivity index is 1.32. The quantitative estimate of drug-likeness (QED) is 0.462. The third-order valence-electron chi connectivity index (χ3n) is 5.77. The number of benzene rings is 2. The van der Waals surface area contributed by atoms with Crippen LogP contribution in [0.3, 0.4) is 0 Å². The van der Waals surface area contributed by atoms with Crippen LogP contribution in [0.5, 0.6) is 5.88 Å². The topological polar surface area (TPSA) is 108 Å². The molecule has 3 N–H and O–H groups in total. The van der Waals surface area contributed by atoms with Gasteiger partial charge in [-0.15, -0.1) is 0 Å². The van der Waals surface area contributed by atoms with Crippen molar-refractivity contribution in [1.82, 2.24) is 19.5 Å². The Morgan fingerprint density at radius 1 is 0.938 bits per heavy atom. The molecule has 0 bridgehead atoms. The van der Waals surface area contributed by atoms with E-state index in [0.717, 1.165) is 11.1 Å². The van der Waals surface area contributed by atoms with Crippen LogP contribution in [0.25, 0.3) is 11.2 Å². The summed E-state index contributed by atoms with van der Waals surface area (Å²) in [6.07, 6.45) is 2.10. The second-order valence-electron chi connectivity index (χ2n) is 8.01. The number of hydrogen-bond acceptors (Lipinski definition) is 7. The highest BCUT2D eigenvalue weighted by molar-refractivity contribution is 5.77. The van der Waals surface area contributed by atoms with Crippen LogP contribution in [0.4, 0.5) is 5.95 Å². The average molecular weight is 431 g/mol. The van der Waals surface area contributed by atoms with Gasteiger partial charge in [-0.2, -0.15) is 9.97 Å². The van der Waals surface area contributed by atoms with Crippen molar-refractivity contribution in [3.05, 3.63) is 78.1 Å². The van der Waals surface area contributed by atoms with Crippen LogP contribution in [0.2, 0.25) is 0 Å². The van der Waals surface area contributed by atoms with Crippen molar-refractivity contribution in [2.45, 2.75) is 44.3 Å². The summed E-state index contributed by atoms with van der Waals surface area (Å²) in [6, 6.07) is 19.8. The molecule has 3 atom stereocenters. The van der Waals surface area contributed by atoms with E-state index in [-0.39, 0.29) is 18.1 Å². The van der Waals surface area contributed by atoms with Crippen LogP contribution in [-0.2, 0) is 18.0 Å². The molecule has 4 aromatic rings. The Kier molecular flexibility index (Phi) is 5.70. The number of anilines is 1. The number of aliphatic hydroxyl groups is 1. The van der Waals surface area contributed by atoms with Crippen molar-refractivity contribution in [3.63, 3.8) is 0 Å². The molecule has 164 valence electrons. The Hall–Kier alpha value is -3.49. The molecule has 0 radical (unpaired) electrons. The number of nitrogens with two attached hydrogens (primary N) is 1. The molecule has 1 saturated carbocycles. The molecule has 1 aliphatic carbocycles. The van der Waals surface area contributed by atoms with Crippen molar-refractivity contribution in [3.8, 4) is 5.88 Å². The van der Waals surface area contributed by atoms with Crippen LogP contribution in [0.15, 0.2) is 67.0 Å². The monoisotopic (exact) mass is 431 g/mol. The Morgan fingerprint density at radius 2 is 1.62 bits per heavy atom. The van der Waals surface area contributed by atoms with Crippen LogP contribution < -0.4 is 10.5 Å². The molecule has 0 spiro atoms. The predicted molar refractivity (Wildman–Crippen MR) is 120 cm³/mol. The Morgan fingerprint density at radius 3 is 2.34 bits per heavy atom. The molecule has 5 rings (SSSR count). The number of hydrogen-bond donors (Lipinski definition) is 2. The Labute approximate surface area is 185 Å². The van der Waals surface area contributed by atoms with E-state index in [9.17, 15) is 5.11 Å². The van der Waals surface area contributed by atoms with E-state index in [0.29, 0.717) is 43.1 Å². The summed E-state index contributed by atoms with van der Waals surface area (Å²) in [4.78, 5) is 13.1. The lowest BCUT2D eigenvalue weighted by molar-refractivity contribution is -0.0274. The molecular weight excluding hydrogens is 406 g/mol. The van der Waals surface area contributed by atoms with Crippen LogP contribution in [0.1, 0.15) is 30.0 Å². The highest BCUT2D eigenvalue weighted by Crippen LogP contribution is 2.35. The van der Waals surface area contributed by atoms with Gasteiger partial charge in [0.05, 0.1) is 25.1 Å². The summed E-state index contributed by atoms with van der Waals surface area (Å²) in [5, 5.41) is 10.6. The van der Waals surface area contributed by atoms with Gasteiger partial charge in [0.15, 0.2) is 11.2 Å². The van der Waals surface area contributed by atoms with E-state index >= 15 is 0 Å². The minimum Gasteiger partial charge on any atom is -0.471 e. The zero-order chi connectivity index (χ0) is 21.9. The maximum atomic E-state index is 10.6. The van der Waals surface area contributed by atoms with Gasteiger partial charge < -0.3 is 24.9 Å². The van der Waals surface area contributed by atoms with Crippen LogP contribution in [-0.4, -0.2) is 36.8 Å². The number of ether oxygens (including phenoxy) is 2. The number of nitrogen functional groups attached to an aromatic ring is 1. The summed E-state index contributed by atoms with van der Waals surface area (Å²) < 4.78 is 13.9. The highest BCUT2D eigenvalue weighted by Gasteiger charge is 2.36. The van der Waals surface area contributed by atoms with Gasteiger partial charge in [-0.1, -0.05) is 60.7 Å². The van der Waals surface area contributed by atoms with Gasteiger partial charge in [0, 0.05) is 6.04 Å². The van der Waals surface area contributed by atoms with Gasteiger partial charge >= 0.3 is 0 Å². The predicted octanol–water partition coefficient (Wildman–Crippen LogP) is 3.27. The lowest BCUT2D eigenvalue weighted by Crippen LogP contribution is -2.22. The van der Waals surface area contributed by atoms with Gasteiger partial charge in [0.25, 0.3) is 0 Å². The molecular formula is C24H25N5O3. The van der Waals surface area contributed by atoms with E-state index in [1.54, 1.807) is 6.33 Å². The third kappa shape index (κ3) is 4.28. The van der Waals surface area contributed by atoms with Crippen molar-refractivity contribution in [1.29, 1.82) is 0 Å². The first kappa shape index (κ1) is 20.4. The summed E-state index contributed by atoms with van der Waals surface area (Å²) in [7, 11) is 0. The van der Waals surface area contributed by atoms with Gasteiger partial charge in [-0.05, 0) is 24.0 Å². The number of fused-ring (bicyclic) bond motifs is 1. The molecule has 1 fully saturated rings. The molecule has 8 heteroatoms. The Bertz CT molecular complexity index is 1180. The summed E-state index contributed by atoms with van der Waals surface area (Å²) in [5.74, 6) is 0.475. The number of aromatic nitrogens is 4. The zero-order valence-electron chi connectivity index (χ0n) is 17.5. The first-order valence-electron chi connectivity index (χ1n) is 10.7. The zero-order valence-corrected chi connectivity index (χ0v) is 17.5. The third-order valence-corrected chi connectivity index (χ3v) is 5.77. The number of imidazole rings is 1. The number of aliphatic hydroxyl groups excluding tert-OH is 1. The fourth-order valence-corrected chi connectivity index (χ4v) is 4.14. The van der Waals surface area contributed by atoms with Crippen molar-refractivity contribution >= 4 is 17.1 Å². The van der Waals surface area contributed by atoms with E-state index < -0.39 is 6.10 Å². The van der Waals surface area contributed by atoms with E-state index in [1.165, 1.54) is 0 Å². The first-order chi connectivity index (χ1) is 15.7. The largest absolute Gasteiger partial charge is 0.471 e. The minimum atomic E-state index is -0.561. The maximum absolute atomic E-state index is 10.6. The van der Waals surface area contributed by atoms with Gasteiger partial charge in [-0.25, -0.2) is 4.98 Å². The molecule has 2 aromatic carbocycles. The minimum absolute atomic E-state index is 0.00736. The van der Waals surface area contributed by atoms with Gasteiger partial charge in [0.2, 0.25) is 11.8 Å². The molecule has 8 nitrogen and oxygen atoms in total. The fourth-order valence-electron chi connectivity index (χ4n) is 4.14. The SMILES string of the molecule is Nc1nc(OCc2ccccc2)c2ncn([C@H]3C[C@H](OCc4ccccc4)[C@@H](O)C3)c2n1. The molecule has 0 saturated heterocycles. The fraction of sp³-hybridized carbons (Fsp3) is 0.292. The summed E-state index contributed by atoms with van der Waals surface area (Å²) in [5.41, 5.74) is 9.23. The lowest BCUT2D eigenvalue weighted by atomic mass is 10.2. The second-order valence-corrected chi connectivity index (χ2v) is 8.01. The normalized spacial score (nSPS) is 20.6. The van der Waals surface area contributed by atoms with Crippen molar-refractivity contribution < 1.29 is 14.6 Å². The van der Waals surface area contributed by atoms with E-state index in [1.807, 2.05) is 65.2 Å². The number of rotatable bonds is 7. The second kappa shape index (κ2) is 8.94. The first-order valence-corrected chi connectivity index (χ1v) is 10.7. The molecule has 0 unspecified atom stereocenters. The van der Waals surface area contributed by atoms with Crippen LogP contribution >= 0.6 is 0 Å². The molecule has 0 amide bonds. The average Bonchev–Trinajstić information content (AvgIpc) is 3.40. The molecule has 2 heterocycles. The summed E-state index contributed by atoms with van der Waals surface area (Å²) in [6.45, 7) is 0.823. The smallest absolute Gasteiger partial charge is 0.247 e. The molecule has 0 aliphatic heterocycles. The van der Waals surface area contributed by atoms with Crippen molar-refractivity contribution in [2.75, 3.05) is 5.73 Å². The van der Waals surface area contributed by atoms with Gasteiger partial charge in [0.1, 0.15) is 6.61 Å². The van der Waals surface area contributed by atoms with Crippen LogP contribution in [0, 0.1) is 0 Å². The van der Waals surface area contributed by atoms with E-state index in [2.05, 4.69) is 15.0 Å². The molecule has 32 heavy (non-hydrogen) atoms. The van der Waals surface area contributed by atoms with E-state index in [4.69, 9.17) is 15.2 Å². The highest BCUT2D eigenvalue weighted by atomic mass is 16.5. The molecule has 2 aromatic heterocycles. The summed E-state index contributed by atoms with van der Waals surface area (Å²) >= 11 is 0. The van der Waals surface area contributed by atoms with Crippen molar-refractivity contribution in [2.24, 2.45) is 0 Å². The molecule has 1 aliphatic rings.